The van der Waals surface area contributed by atoms with Crippen LogP contribution in [0.2, 0.25) is 0 Å². The standard InChI is InChI=1S/C25H34N4O4/c1-16-7-8-20-21(29(16)25(30)32-3)10-9-19(24(20)33-18-5-4-6-18)17-13-27-28(15-17)22-11-12-26-14-23(22)31-2/h9-10,13,15-16,18,22-23,26H,4-8,11-12,14H2,1-3H3/t16-,22?,23?/m0/s1. The number of nitrogens with zero attached hydrogens (tertiary/aromatic N) is 3. The quantitative estimate of drug-likeness (QED) is 0.737. The molecule has 3 heterocycles. The number of fused-ring (bicyclic) bond motifs is 1. The number of ether oxygens (including phenoxy) is 3. The molecule has 2 fully saturated rings. The Hall–Kier alpha value is -2.58. The maximum absolute atomic E-state index is 12.6. The topological polar surface area (TPSA) is 77.9 Å². The van der Waals surface area contributed by atoms with Crippen molar-refractivity contribution in [1.29, 1.82) is 0 Å². The van der Waals surface area contributed by atoms with E-state index in [1.807, 2.05) is 16.9 Å². The molecule has 2 aliphatic heterocycles. The minimum atomic E-state index is -0.324. The first-order chi connectivity index (χ1) is 16.1. The Labute approximate surface area is 195 Å². The number of amides is 1. The van der Waals surface area contributed by atoms with E-state index in [2.05, 4.69) is 24.5 Å². The molecule has 0 radical (unpaired) electrons. The molecular formula is C25H34N4O4. The third kappa shape index (κ3) is 4.10. The van der Waals surface area contributed by atoms with E-state index in [1.54, 1.807) is 12.0 Å². The van der Waals surface area contributed by atoms with Crippen molar-refractivity contribution < 1.29 is 19.0 Å². The van der Waals surface area contributed by atoms with Crippen LogP contribution in [0, 0.1) is 0 Å². The van der Waals surface area contributed by atoms with Crippen LogP contribution in [0.15, 0.2) is 24.5 Å². The van der Waals surface area contributed by atoms with Crippen LogP contribution in [0.5, 0.6) is 5.75 Å². The van der Waals surface area contributed by atoms with Gasteiger partial charge in [-0.3, -0.25) is 9.58 Å². The third-order valence-corrected chi connectivity index (χ3v) is 7.40. The number of carbonyl (C=O) groups excluding carboxylic acids is 1. The normalized spacial score (nSPS) is 25.3. The maximum Gasteiger partial charge on any atom is 0.414 e. The van der Waals surface area contributed by atoms with Gasteiger partial charge < -0.3 is 19.5 Å². The van der Waals surface area contributed by atoms with Gasteiger partial charge >= 0.3 is 6.09 Å². The van der Waals surface area contributed by atoms with Crippen LogP contribution in [0.1, 0.15) is 50.6 Å². The van der Waals surface area contributed by atoms with Crippen LogP contribution < -0.4 is 15.0 Å². The Morgan fingerprint density at radius 1 is 1.18 bits per heavy atom. The van der Waals surface area contributed by atoms with Gasteiger partial charge in [-0.25, -0.2) is 4.79 Å². The molecule has 2 unspecified atom stereocenters. The Morgan fingerprint density at radius 3 is 2.76 bits per heavy atom. The molecule has 3 atom stereocenters. The smallest absolute Gasteiger partial charge is 0.414 e. The minimum Gasteiger partial charge on any atom is -0.489 e. The first-order valence-electron chi connectivity index (χ1n) is 12.1. The number of nitrogens with one attached hydrogen (secondary N) is 1. The summed E-state index contributed by atoms with van der Waals surface area (Å²) in [4.78, 5) is 14.3. The molecule has 2 aromatic rings. The predicted octanol–water partition coefficient (Wildman–Crippen LogP) is 3.94. The van der Waals surface area contributed by atoms with Crippen molar-refractivity contribution >= 4 is 11.8 Å². The molecule has 1 aromatic carbocycles. The minimum absolute atomic E-state index is 0.0843. The van der Waals surface area contributed by atoms with Gasteiger partial charge in [-0.15, -0.1) is 0 Å². The third-order valence-electron chi connectivity index (χ3n) is 7.40. The van der Waals surface area contributed by atoms with E-state index in [9.17, 15) is 4.79 Å². The number of rotatable bonds is 5. The van der Waals surface area contributed by atoms with Gasteiger partial charge in [0.1, 0.15) is 5.75 Å². The van der Waals surface area contributed by atoms with Crippen molar-refractivity contribution in [3.05, 3.63) is 30.1 Å². The van der Waals surface area contributed by atoms with Crippen LogP contribution in [0.3, 0.4) is 0 Å². The van der Waals surface area contributed by atoms with Crippen molar-refractivity contribution in [1.82, 2.24) is 15.1 Å². The van der Waals surface area contributed by atoms with Gasteiger partial charge in [0.25, 0.3) is 0 Å². The average Bonchev–Trinajstić information content (AvgIpc) is 3.30. The van der Waals surface area contributed by atoms with Gasteiger partial charge in [0, 0.05) is 42.6 Å². The van der Waals surface area contributed by atoms with Crippen molar-refractivity contribution in [2.45, 2.75) is 69.7 Å². The van der Waals surface area contributed by atoms with Crippen LogP contribution in [-0.4, -0.2) is 61.4 Å². The molecule has 0 bridgehead atoms. The number of methoxy groups -OCH3 is 2. The Kier molecular flexibility index (Phi) is 6.29. The Balaban J connectivity index is 1.54. The second kappa shape index (κ2) is 9.35. The van der Waals surface area contributed by atoms with Crippen LogP contribution in [0.4, 0.5) is 10.5 Å². The number of anilines is 1. The summed E-state index contributed by atoms with van der Waals surface area (Å²) in [7, 11) is 3.20. The first kappa shape index (κ1) is 22.2. The van der Waals surface area contributed by atoms with E-state index in [-0.39, 0.29) is 30.4 Å². The van der Waals surface area contributed by atoms with E-state index in [4.69, 9.17) is 19.3 Å². The number of piperidine rings is 1. The summed E-state index contributed by atoms with van der Waals surface area (Å²) in [5.74, 6) is 0.895. The fraction of sp³-hybridized carbons (Fsp3) is 0.600. The predicted molar refractivity (Wildman–Crippen MR) is 126 cm³/mol. The Morgan fingerprint density at radius 2 is 2.03 bits per heavy atom. The number of benzene rings is 1. The number of aromatic nitrogens is 2. The molecule has 8 nitrogen and oxygen atoms in total. The van der Waals surface area contributed by atoms with Crippen molar-refractivity contribution in [3.8, 4) is 16.9 Å². The van der Waals surface area contributed by atoms with Crippen molar-refractivity contribution in [3.63, 3.8) is 0 Å². The molecule has 1 aromatic heterocycles. The average molecular weight is 455 g/mol. The molecule has 1 saturated carbocycles. The summed E-state index contributed by atoms with van der Waals surface area (Å²) in [6.45, 7) is 3.85. The molecule has 8 heteroatoms. The molecule has 0 spiro atoms. The maximum atomic E-state index is 12.6. The van der Waals surface area contributed by atoms with Crippen molar-refractivity contribution in [2.24, 2.45) is 0 Å². The highest BCUT2D eigenvalue weighted by molar-refractivity contribution is 5.92. The lowest BCUT2D eigenvalue weighted by atomic mass is 9.91. The summed E-state index contributed by atoms with van der Waals surface area (Å²) >= 11 is 0. The van der Waals surface area contributed by atoms with Crippen molar-refractivity contribution in [2.75, 3.05) is 32.2 Å². The molecule has 1 aliphatic carbocycles. The monoisotopic (exact) mass is 454 g/mol. The SMILES string of the molecule is COC(=O)N1c2ccc(-c3cnn(C4CCNCC4OC)c3)c(OC3CCC3)c2CC[C@@H]1C. The number of hydrogen-bond acceptors (Lipinski definition) is 6. The lowest BCUT2D eigenvalue weighted by Crippen LogP contribution is -2.42. The van der Waals surface area contributed by atoms with Gasteiger partial charge in [0.05, 0.1) is 37.2 Å². The summed E-state index contributed by atoms with van der Waals surface area (Å²) in [5, 5.41) is 8.11. The van der Waals surface area contributed by atoms with Gasteiger partial charge in [0.15, 0.2) is 0 Å². The summed E-state index contributed by atoms with van der Waals surface area (Å²) < 4.78 is 19.4. The number of carbonyl (C=O) groups is 1. The summed E-state index contributed by atoms with van der Waals surface area (Å²) in [6, 6.07) is 4.39. The zero-order valence-electron chi connectivity index (χ0n) is 19.8. The van der Waals surface area contributed by atoms with Crippen LogP contribution >= 0.6 is 0 Å². The largest absolute Gasteiger partial charge is 0.489 e. The second-order valence-corrected chi connectivity index (χ2v) is 9.38. The summed E-state index contributed by atoms with van der Waals surface area (Å²) in [5.41, 5.74) is 4.05. The highest BCUT2D eigenvalue weighted by Gasteiger charge is 2.34. The fourth-order valence-electron chi connectivity index (χ4n) is 5.22. The summed E-state index contributed by atoms with van der Waals surface area (Å²) in [6.07, 6.45) is 10.1. The molecule has 1 saturated heterocycles. The molecule has 3 aliphatic rings. The van der Waals surface area contributed by atoms with E-state index in [1.165, 1.54) is 13.5 Å². The molecule has 5 rings (SSSR count). The molecule has 33 heavy (non-hydrogen) atoms. The first-order valence-corrected chi connectivity index (χ1v) is 12.1. The highest BCUT2D eigenvalue weighted by atomic mass is 16.5. The molecule has 1 N–H and O–H groups in total. The van der Waals surface area contributed by atoms with E-state index < -0.39 is 0 Å². The van der Waals surface area contributed by atoms with Gasteiger partial charge in [-0.05, 0) is 64.1 Å². The van der Waals surface area contributed by atoms with E-state index in [0.717, 1.165) is 73.3 Å². The van der Waals surface area contributed by atoms with Crippen LogP contribution in [0.25, 0.3) is 11.1 Å². The highest BCUT2D eigenvalue weighted by Crippen LogP contribution is 2.45. The molecular weight excluding hydrogens is 420 g/mol. The Bertz CT molecular complexity index is 1000. The fourth-order valence-corrected chi connectivity index (χ4v) is 5.22. The van der Waals surface area contributed by atoms with Gasteiger partial charge in [0.2, 0.25) is 0 Å². The van der Waals surface area contributed by atoms with Gasteiger partial charge in [-0.2, -0.15) is 5.10 Å². The lowest BCUT2D eigenvalue weighted by Gasteiger charge is -2.37. The van der Waals surface area contributed by atoms with E-state index >= 15 is 0 Å². The molecule has 178 valence electrons. The zero-order chi connectivity index (χ0) is 22.9. The van der Waals surface area contributed by atoms with E-state index in [0.29, 0.717) is 0 Å². The second-order valence-electron chi connectivity index (χ2n) is 9.38. The van der Waals surface area contributed by atoms with Crippen LogP contribution in [-0.2, 0) is 15.9 Å². The number of hydrogen-bond donors (Lipinski definition) is 1. The molecule has 1 amide bonds. The zero-order valence-corrected chi connectivity index (χ0v) is 19.8. The van der Waals surface area contributed by atoms with Gasteiger partial charge in [-0.1, -0.05) is 0 Å². The lowest BCUT2D eigenvalue weighted by molar-refractivity contribution is 0.0346.